The number of carbonyl (C=O) groups is 1. The zero-order chi connectivity index (χ0) is 26.1. The highest BCUT2D eigenvalue weighted by molar-refractivity contribution is 6.32. The van der Waals surface area contributed by atoms with Gasteiger partial charge in [0.15, 0.2) is 11.5 Å². The lowest BCUT2D eigenvalue weighted by atomic mass is 10.1. The lowest BCUT2D eigenvalue weighted by molar-refractivity contribution is -0.117. The first-order valence-electron chi connectivity index (χ1n) is 11.0. The Morgan fingerprint density at radius 1 is 1.03 bits per heavy atom. The fourth-order valence-corrected chi connectivity index (χ4v) is 3.78. The molecule has 3 rings (SSSR count). The third-order valence-corrected chi connectivity index (χ3v) is 5.61. The molecule has 0 saturated heterocycles. The van der Waals surface area contributed by atoms with Gasteiger partial charge in [0.25, 0.3) is 5.91 Å². The maximum atomic E-state index is 12.7. The normalized spacial score (nSPS) is 10.8. The number of hydrogen-bond donors (Lipinski definition) is 1. The highest BCUT2D eigenvalue weighted by Gasteiger charge is 2.15. The Hall–Kier alpha value is -4.15. The maximum Gasteiger partial charge on any atom is 0.262 e. The number of amides is 1. The van der Waals surface area contributed by atoms with Crippen LogP contribution in [0.2, 0.25) is 5.02 Å². The van der Waals surface area contributed by atoms with Crippen molar-refractivity contribution in [3.8, 4) is 29.1 Å². The van der Waals surface area contributed by atoms with Crippen LogP contribution in [0.5, 0.6) is 23.0 Å². The van der Waals surface area contributed by atoms with Gasteiger partial charge in [-0.3, -0.25) is 4.79 Å². The average Bonchev–Trinajstić information content (AvgIpc) is 2.89. The van der Waals surface area contributed by atoms with Crippen LogP contribution >= 0.6 is 11.6 Å². The third-order valence-electron chi connectivity index (χ3n) is 5.33. The zero-order valence-corrected chi connectivity index (χ0v) is 21.3. The van der Waals surface area contributed by atoms with Crippen LogP contribution in [0.25, 0.3) is 6.08 Å². The Kier molecular flexibility index (Phi) is 9.20. The summed E-state index contributed by atoms with van der Waals surface area (Å²) in [7, 11) is 4.59. The van der Waals surface area contributed by atoms with E-state index in [2.05, 4.69) is 5.32 Å². The van der Waals surface area contributed by atoms with Gasteiger partial charge in [-0.2, -0.15) is 5.26 Å². The second-order valence-electron chi connectivity index (χ2n) is 7.84. The maximum absolute atomic E-state index is 12.7. The lowest BCUT2D eigenvalue weighted by Crippen LogP contribution is -2.24. The van der Waals surface area contributed by atoms with Crippen molar-refractivity contribution in [3.63, 3.8) is 0 Å². The molecule has 0 heterocycles. The van der Waals surface area contributed by atoms with Gasteiger partial charge in [-0.05, 0) is 48.4 Å². The monoisotopic (exact) mass is 506 g/mol. The predicted octanol–water partition coefficient (Wildman–Crippen LogP) is 5.48. The molecule has 0 unspecified atom stereocenters. The molecule has 0 aromatic heterocycles. The van der Waals surface area contributed by atoms with Crippen molar-refractivity contribution in [2.45, 2.75) is 20.1 Å². The number of nitrogens with one attached hydrogen (secondary N) is 1. The fraction of sp³-hybridized carbons (Fsp3) is 0.214. The molecule has 8 heteroatoms. The predicted molar refractivity (Wildman–Crippen MR) is 138 cm³/mol. The standard InChI is InChI=1S/C28H27ClN2O5/c1-18-6-5-7-19(10-18)17-36-27-24(29)12-20(13-26(27)35-4)11-22(15-30)28(32)31-16-21-8-9-23(33-2)14-25(21)34-3/h5-14H,16-17H2,1-4H3,(H,31,32)/b22-11+. The quantitative estimate of drug-likeness (QED) is 0.289. The Morgan fingerprint density at radius 3 is 2.47 bits per heavy atom. The lowest BCUT2D eigenvalue weighted by Gasteiger charge is -2.14. The van der Waals surface area contributed by atoms with E-state index in [9.17, 15) is 10.1 Å². The number of halogens is 1. The van der Waals surface area contributed by atoms with Crippen LogP contribution in [0, 0.1) is 18.3 Å². The molecule has 3 aromatic carbocycles. The zero-order valence-electron chi connectivity index (χ0n) is 20.6. The minimum absolute atomic E-state index is 0.0889. The van der Waals surface area contributed by atoms with Crippen molar-refractivity contribution in [1.82, 2.24) is 5.32 Å². The molecule has 0 aliphatic rings. The number of ether oxygens (including phenoxy) is 4. The molecule has 186 valence electrons. The van der Waals surface area contributed by atoms with E-state index in [4.69, 9.17) is 30.5 Å². The number of nitriles is 1. The number of methoxy groups -OCH3 is 3. The SMILES string of the molecule is COc1ccc(CNC(=O)/C(C#N)=C/c2cc(Cl)c(OCc3cccc(C)c3)c(OC)c2)c(OC)c1. The summed E-state index contributed by atoms with van der Waals surface area (Å²) in [5.41, 5.74) is 3.29. The molecule has 7 nitrogen and oxygen atoms in total. The molecule has 0 saturated carbocycles. The van der Waals surface area contributed by atoms with E-state index in [0.29, 0.717) is 40.2 Å². The summed E-state index contributed by atoms with van der Waals surface area (Å²) in [5.74, 6) is 1.44. The summed E-state index contributed by atoms with van der Waals surface area (Å²) in [6.45, 7) is 2.49. The minimum atomic E-state index is -0.537. The van der Waals surface area contributed by atoms with Crippen molar-refractivity contribution >= 4 is 23.6 Å². The van der Waals surface area contributed by atoms with E-state index >= 15 is 0 Å². The van der Waals surface area contributed by atoms with Crippen molar-refractivity contribution in [2.24, 2.45) is 0 Å². The highest BCUT2D eigenvalue weighted by Crippen LogP contribution is 2.37. The fourth-order valence-electron chi connectivity index (χ4n) is 3.50. The molecule has 0 aliphatic heterocycles. The summed E-state index contributed by atoms with van der Waals surface area (Å²) < 4.78 is 21.9. The minimum Gasteiger partial charge on any atom is -0.497 e. The first-order chi connectivity index (χ1) is 17.4. The molecule has 1 amide bonds. The number of benzene rings is 3. The molecule has 0 aliphatic carbocycles. The van der Waals surface area contributed by atoms with Crippen LogP contribution in [0.4, 0.5) is 0 Å². The van der Waals surface area contributed by atoms with Crippen molar-refractivity contribution < 1.29 is 23.7 Å². The summed E-state index contributed by atoms with van der Waals surface area (Å²) in [5, 5.41) is 12.6. The van der Waals surface area contributed by atoms with Gasteiger partial charge in [-0.1, -0.05) is 41.4 Å². The second-order valence-corrected chi connectivity index (χ2v) is 8.25. The van der Waals surface area contributed by atoms with E-state index < -0.39 is 5.91 Å². The molecule has 0 spiro atoms. The summed E-state index contributed by atoms with van der Waals surface area (Å²) in [6.07, 6.45) is 1.44. The molecule has 36 heavy (non-hydrogen) atoms. The molecule has 1 N–H and O–H groups in total. The van der Waals surface area contributed by atoms with E-state index in [0.717, 1.165) is 16.7 Å². The van der Waals surface area contributed by atoms with E-state index in [-0.39, 0.29) is 12.1 Å². The van der Waals surface area contributed by atoms with Crippen molar-refractivity contribution in [2.75, 3.05) is 21.3 Å². The number of carbonyl (C=O) groups excluding carboxylic acids is 1. The number of rotatable bonds is 10. The van der Waals surface area contributed by atoms with Gasteiger partial charge in [0.1, 0.15) is 29.7 Å². The van der Waals surface area contributed by atoms with Crippen LogP contribution < -0.4 is 24.3 Å². The molecule has 0 radical (unpaired) electrons. The van der Waals surface area contributed by atoms with Gasteiger partial charge >= 0.3 is 0 Å². The topological polar surface area (TPSA) is 89.8 Å². The van der Waals surface area contributed by atoms with Crippen LogP contribution in [0.3, 0.4) is 0 Å². The van der Waals surface area contributed by atoms with Gasteiger partial charge in [-0.15, -0.1) is 0 Å². The van der Waals surface area contributed by atoms with E-state index in [1.807, 2.05) is 37.3 Å². The summed E-state index contributed by atoms with van der Waals surface area (Å²) >= 11 is 6.47. The van der Waals surface area contributed by atoms with Gasteiger partial charge < -0.3 is 24.3 Å². The molecular weight excluding hydrogens is 480 g/mol. The Morgan fingerprint density at radius 2 is 1.81 bits per heavy atom. The molecular formula is C28H27ClN2O5. The average molecular weight is 507 g/mol. The molecule has 0 atom stereocenters. The Balaban J connectivity index is 1.76. The highest BCUT2D eigenvalue weighted by atomic mass is 35.5. The van der Waals surface area contributed by atoms with Crippen LogP contribution in [0.1, 0.15) is 22.3 Å². The molecule has 0 bridgehead atoms. The summed E-state index contributed by atoms with van der Waals surface area (Å²) in [4.78, 5) is 12.7. The van der Waals surface area contributed by atoms with E-state index in [1.165, 1.54) is 20.3 Å². The smallest absolute Gasteiger partial charge is 0.262 e. The van der Waals surface area contributed by atoms with Gasteiger partial charge in [0, 0.05) is 18.2 Å². The van der Waals surface area contributed by atoms with Crippen LogP contribution in [-0.4, -0.2) is 27.2 Å². The van der Waals surface area contributed by atoms with Crippen LogP contribution in [-0.2, 0) is 17.9 Å². The van der Waals surface area contributed by atoms with E-state index in [1.54, 1.807) is 37.4 Å². The first-order valence-corrected chi connectivity index (χ1v) is 11.4. The number of hydrogen-bond acceptors (Lipinski definition) is 6. The number of nitrogens with zero attached hydrogens (tertiary/aromatic N) is 1. The second kappa shape index (κ2) is 12.5. The molecule has 0 fully saturated rings. The number of aryl methyl sites for hydroxylation is 1. The molecule has 3 aromatic rings. The Bertz CT molecular complexity index is 1310. The largest absolute Gasteiger partial charge is 0.497 e. The van der Waals surface area contributed by atoms with Crippen LogP contribution in [0.15, 0.2) is 60.2 Å². The van der Waals surface area contributed by atoms with Gasteiger partial charge in [-0.25, -0.2) is 0 Å². The van der Waals surface area contributed by atoms with Crippen molar-refractivity contribution in [1.29, 1.82) is 5.26 Å². The third kappa shape index (κ3) is 6.71. The van der Waals surface area contributed by atoms with Gasteiger partial charge in [0.05, 0.1) is 26.4 Å². The first kappa shape index (κ1) is 26.5. The van der Waals surface area contributed by atoms with Gasteiger partial charge in [0.2, 0.25) is 0 Å². The van der Waals surface area contributed by atoms with Crippen molar-refractivity contribution in [3.05, 3.63) is 87.4 Å². The summed E-state index contributed by atoms with van der Waals surface area (Å²) in [6, 6.07) is 18.4. The Labute approximate surface area is 215 Å².